The van der Waals surface area contributed by atoms with E-state index in [0.29, 0.717) is 6.04 Å². The highest BCUT2D eigenvalue weighted by Gasteiger charge is 2.33. The molecule has 3 heteroatoms. The maximum absolute atomic E-state index is 4.43. The average Bonchev–Trinajstić information content (AvgIpc) is 2.33. The Hall–Kier alpha value is -0.930. The van der Waals surface area contributed by atoms with Crippen molar-refractivity contribution in [3.63, 3.8) is 0 Å². The SMILES string of the molecule is CNC1CCC(C)(C)N(Cc2ccccn2)C1. The highest BCUT2D eigenvalue weighted by atomic mass is 15.2. The first-order valence-corrected chi connectivity index (χ1v) is 6.44. The molecule has 1 atom stereocenters. The second-order valence-electron chi connectivity index (χ2n) is 5.54. The van der Waals surface area contributed by atoms with Gasteiger partial charge in [-0.25, -0.2) is 0 Å². The maximum atomic E-state index is 4.43. The van der Waals surface area contributed by atoms with E-state index < -0.39 is 0 Å². The Morgan fingerprint density at radius 3 is 2.94 bits per heavy atom. The molecule has 0 aromatic carbocycles. The maximum Gasteiger partial charge on any atom is 0.0544 e. The van der Waals surface area contributed by atoms with E-state index in [0.717, 1.165) is 18.8 Å². The van der Waals surface area contributed by atoms with E-state index in [1.807, 2.05) is 12.3 Å². The molecule has 0 bridgehead atoms. The van der Waals surface area contributed by atoms with Gasteiger partial charge in [0.1, 0.15) is 0 Å². The molecule has 3 nitrogen and oxygen atoms in total. The number of likely N-dealkylation sites (tertiary alicyclic amines) is 1. The van der Waals surface area contributed by atoms with Crippen LogP contribution in [0.4, 0.5) is 0 Å². The van der Waals surface area contributed by atoms with E-state index >= 15 is 0 Å². The van der Waals surface area contributed by atoms with Crippen LogP contribution >= 0.6 is 0 Å². The predicted molar refractivity (Wildman–Crippen MR) is 70.8 cm³/mol. The van der Waals surface area contributed by atoms with E-state index in [2.05, 4.69) is 48.2 Å². The molecule has 0 amide bonds. The van der Waals surface area contributed by atoms with Gasteiger partial charge in [-0.2, -0.15) is 0 Å². The van der Waals surface area contributed by atoms with Crippen LogP contribution in [0.2, 0.25) is 0 Å². The van der Waals surface area contributed by atoms with Gasteiger partial charge in [-0.3, -0.25) is 9.88 Å². The summed E-state index contributed by atoms with van der Waals surface area (Å²) in [5.41, 5.74) is 1.45. The second kappa shape index (κ2) is 5.15. The zero-order chi connectivity index (χ0) is 12.3. The molecule has 1 N–H and O–H groups in total. The summed E-state index contributed by atoms with van der Waals surface area (Å²) in [7, 11) is 2.06. The van der Waals surface area contributed by atoms with Crippen LogP contribution in [0.5, 0.6) is 0 Å². The minimum atomic E-state index is 0.283. The summed E-state index contributed by atoms with van der Waals surface area (Å²) in [5, 5.41) is 3.40. The van der Waals surface area contributed by atoms with Crippen molar-refractivity contribution in [3.05, 3.63) is 30.1 Å². The minimum absolute atomic E-state index is 0.283. The van der Waals surface area contributed by atoms with E-state index in [-0.39, 0.29) is 5.54 Å². The number of nitrogens with zero attached hydrogens (tertiary/aromatic N) is 2. The van der Waals surface area contributed by atoms with E-state index in [1.165, 1.54) is 12.8 Å². The lowest BCUT2D eigenvalue weighted by atomic mass is 9.88. The Morgan fingerprint density at radius 2 is 2.29 bits per heavy atom. The summed E-state index contributed by atoms with van der Waals surface area (Å²) in [4.78, 5) is 6.97. The van der Waals surface area contributed by atoms with Crippen molar-refractivity contribution in [2.45, 2.75) is 44.8 Å². The van der Waals surface area contributed by atoms with Crippen molar-refractivity contribution in [2.75, 3.05) is 13.6 Å². The standard InChI is InChI=1S/C14H23N3/c1-14(2)8-7-12(15-3)10-17(14)11-13-6-4-5-9-16-13/h4-6,9,12,15H,7-8,10-11H2,1-3H3. The molecule has 1 aliphatic rings. The number of likely N-dealkylation sites (N-methyl/N-ethyl adjacent to an activating group) is 1. The van der Waals surface area contributed by atoms with Crippen molar-refractivity contribution in [2.24, 2.45) is 0 Å². The Morgan fingerprint density at radius 1 is 1.47 bits per heavy atom. The molecule has 94 valence electrons. The Kier molecular flexibility index (Phi) is 3.79. The molecule has 1 saturated heterocycles. The van der Waals surface area contributed by atoms with Gasteiger partial charge in [0.2, 0.25) is 0 Å². The fourth-order valence-corrected chi connectivity index (χ4v) is 2.49. The van der Waals surface area contributed by atoms with Crippen LogP contribution in [0, 0.1) is 0 Å². The van der Waals surface area contributed by atoms with Crippen LogP contribution in [-0.4, -0.2) is 35.1 Å². The average molecular weight is 233 g/mol. The molecular formula is C14H23N3. The topological polar surface area (TPSA) is 28.2 Å². The molecule has 1 aromatic heterocycles. The normalized spacial score (nSPS) is 24.8. The van der Waals surface area contributed by atoms with Gasteiger partial charge in [0.15, 0.2) is 0 Å². The monoisotopic (exact) mass is 233 g/mol. The second-order valence-corrected chi connectivity index (χ2v) is 5.54. The highest BCUT2D eigenvalue weighted by molar-refractivity contribution is 5.05. The molecular weight excluding hydrogens is 210 g/mol. The van der Waals surface area contributed by atoms with Crippen molar-refractivity contribution in [3.8, 4) is 0 Å². The largest absolute Gasteiger partial charge is 0.316 e. The lowest BCUT2D eigenvalue weighted by molar-refractivity contribution is 0.0507. The lowest BCUT2D eigenvalue weighted by Gasteiger charge is -2.45. The molecule has 0 aliphatic carbocycles. The summed E-state index contributed by atoms with van der Waals surface area (Å²) in [6, 6.07) is 6.77. The third-order valence-corrected chi connectivity index (χ3v) is 3.89. The molecule has 0 saturated carbocycles. The van der Waals surface area contributed by atoms with Gasteiger partial charge in [-0.15, -0.1) is 0 Å². The van der Waals surface area contributed by atoms with Crippen LogP contribution < -0.4 is 5.32 Å². The predicted octanol–water partition coefficient (Wildman–Crippen LogP) is 2.04. The fraction of sp³-hybridized carbons (Fsp3) is 0.643. The van der Waals surface area contributed by atoms with Gasteiger partial charge >= 0.3 is 0 Å². The van der Waals surface area contributed by atoms with Crippen molar-refractivity contribution in [1.29, 1.82) is 0 Å². The number of hydrogen-bond acceptors (Lipinski definition) is 3. The van der Waals surface area contributed by atoms with E-state index in [9.17, 15) is 0 Å². The molecule has 2 rings (SSSR count). The van der Waals surface area contributed by atoms with Crippen LogP contribution in [0.3, 0.4) is 0 Å². The van der Waals surface area contributed by atoms with Crippen molar-refractivity contribution < 1.29 is 0 Å². The smallest absolute Gasteiger partial charge is 0.0544 e. The highest BCUT2D eigenvalue weighted by Crippen LogP contribution is 2.28. The zero-order valence-corrected chi connectivity index (χ0v) is 11.1. The van der Waals surface area contributed by atoms with Gasteiger partial charge in [0, 0.05) is 30.9 Å². The van der Waals surface area contributed by atoms with Gasteiger partial charge in [-0.1, -0.05) is 6.07 Å². The van der Waals surface area contributed by atoms with Gasteiger partial charge in [0.05, 0.1) is 5.69 Å². The number of pyridine rings is 1. The number of hydrogen-bond donors (Lipinski definition) is 1. The third kappa shape index (κ3) is 3.05. The summed E-state index contributed by atoms with van der Waals surface area (Å²) < 4.78 is 0. The first kappa shape index (κ1) is 12.5. The molecule has 1 fully saturated rings. The van der Waals surface area contributed by atoms with Crippen LogP contribution in [-0.2, 0) is 6.54 Å². The molecule has 2 heterocycles. The van der Waals surface area contributed by atoms with Crippen LogP contribution in [0.25, 0.3) is 0 Å². The molecule has 0 radical (unpaired) electrons. The molecule has 1 aliphatic heterocycles. The zero-order valence-electron chi connectivity index (χ0n) is 11.1. The third-order valence-electron chi connectivity index (χ3n) is 3.89. The Balaban J connectivity index is 2.06. The van der Waals surface area contributed by atoms with Gasteiger partial charge in [0.25, 0.3) is 0 Å². The van der Waals surface area contributed by atoms with E-state index in [1.54, 1.807) is 0 Å². The number of rotatable bonds is 3. The van der Waals surface area contributed by atoms with Crippen LogP contribution in [0.15, 0.2) is 24.4 Å². The summed E-state index contributed by atoms with van der Waals surface area (Å²) >= 11 is 0. The van der Waals surface area contributed by atoms with Crippen LogP contribution in [0.1, 0.15) is 32.4 Å². The quantitative estimate of drug-likeness (QED) is 0.866. The van der Waals surface area contributed by atoms with Gasteiger partial charge < -0.3 is 5.32 Å². The molecule has 17 heavy (non-hydrogen) atoms. The minimum Gasteiger partial charge on any atom is -0.316 e. The molecule has 1 aromatic rings. The molecule has 0 spiro atoms. The molecule has 1 unspecified atom stereocenters. The summed E-state index contributed by atoms with van der Waals surface area (Å²) in [6.07, 6.45) is 4.38. The van der Waals surface area contributed by atoms with Crippen molar-refractivity contribution >= 4 is 0 Å². The lowest BCUT2D eigenvalue weighted by Crippen LogP contribution is -2.54. The number of aromatic nitrogens is 1. The Bertz CT molecular complexity index is 348. The Labute approximate surface area is 104 Å². The first-order chi connectivity index (χ1) is 8.12. The summed E-state index contributed by atoms with van der Waals surface area (Å²) in [6.45, 7) is 6.73. The first-order valence-electron chi connectivity index (χ1n) is 6.44. The van der Waals surface area contributed by atoms with Gasteiger partial charge in [-0.05, 0) is 45.9 Å². The van der Waals surface area contributed by atoms with Crippen molar-refractivity contribution in [1.82, 2.24) is 15.2 Å². The number of piperidine rings is 1. The fourth-order valence-electron chi connectivity index (χ4n) is 2.49. The number of nitrogens with one attached hydrogen (secondary N) is 1. The summed E-state index contributed by atoms with van der Waals surface area (Å²) in [5.74, 6) is 0. The van der Waals surface area contributed by atoms with E-state index in [4.69, 9.17) is 0 Å².